The first-order chi connectivity index (χ1) is 11.9. The molecule has 3 unspecified atom stereocenters. The highest BCUT2D eigenvalue weighted by Crippen LogP contribution is 2.36. The standard InChI is InChI=1S/C19H18F3NO2/c1-11(14-4-2-3-5-16(14)21)19(25)23-10-13(24)9-18(23)15-8-12(20)6-7-17(15)22/h2-8,11,13,18,24H,9-10H2,1H3. The molecule has 3 rings (SSSR count). The van der Waals surface area contributed by atoms with E-state index in [-0.39, 0.29) is 24.1 Å². The van der Waals surface area contributed by atoms with Crippen molar-refractivity contribution in [3.63, 3.8) is 0 Å². The lowest BCUT2D eigenvalue weighted by Gasteiger charge is -2.28. The van der Waals surface area contributed by atoms with Gasteiger partial charge in [0, 0.05) is 12.1 Å². The quantitative estimate of drug-likeness (QED) is 0.921. The summed E-state index contributed by atoms with van der Waals surface area (Å²) in [6.07, 6.45) is -0.736. The van der Waals surface area contributed by atoms with Crippen LogP contribution in [0.4, 0.5) is 13.2 Å². The maximum Gasteiger partial charge on any atom is 0.230 e. The summed E-state index contributed by atoms with van der Waals surface area (Å²) in [6, 6.07) is 8.19. The second kappa shape index (κ2) is 6.88. The summed E-state index contributed by atoms with van der Waals surface area (Å²) < 4.78 is 41.6. The maximum absolute atomic E-state index is 14.1. The number of aliphatic hydroxyl groups is 1. The van der Waals surface area contributed by atoms with Crippen molar-refractivity contribution in [2.45, 2.75) is 31.4 Å². The Balaban J connectivity index is 1.92. The van der Waals surface area contributed by atoms with E-state index < -0.39 is 41.4 Å². The number of hydrogen-bond acceptors (Lipinski definition) is 2. The molecule has 0 bridgehead atoms. The highest BCUT2D eigenvalue weighted by Gasteiger charge is 2.39. The van der Waals surface area contributed by atoms with Gasteiger partial charge in [0.25, 0.3) is 0 Å². The first kappa shape index (κ1) is 17.5. The van der Waals surface area contributed by atoms with E-state index in [1.807, 2.05) is 0 Å². The molecule has 1 aliphatic rings. The van der Waals surface area contributed by atoms with Crippen LogP contribution in [0.25, 0.3) is 0 Å². The van der Waals surface area contributed by atoms with Crippen molar-refractivity contribution in [2.24, 2.45) is 0 Å². The number of aliphatic hydroxyl groups excluding tert-OH is 1. The summed E-state index contributed by atoms with van der Waals surface area (Å²) in [6.45, 7) is 1.56. The minimum Gasteiger partial charge on any atom is -0.391 e. The van der Waals surface area contributed by atoms with E-state index in [1.54, 1.807) is 13.0 Å². The molecule has 1 heterocycles. The van der Waals surface area contributed by atoms with Crippen LogP contribution in [0.3, 0.4) is 0 Å². The van der Waals surface area contributed by atoms with Crippen LogP contribution in [0.15, 0.2) is 42.5 Å². The van der Waals surface area contributed by atoms with Gasteiger partial charge in [-0.15, -0.1) is 0 Å². The van der Waals surface area contributed by atoms with Gasteiger partial charge < -0.3 is 10.0 Å². The van der Waals surface area contributed by atoms with Gasteiger partial charge in [0.2, 0.25) is 5.91 Å². The molecule has 0 aliphatic carbocycles. The molecular weight excluding hydrogens is 331 g/mol. The number of carbonyl (C=O) groups excluding carboxylic acids is 1. The third-order valence-electron chi connectivity index (χ3n) is 4.62. The van der Waals surface area contributed by atoms with Crippen LogP contribution >= 0.6 is 0 Å². The fraction of sp³-hybridized carbons (Fsp3) is 0.316. The SMILES string of the molecule is CC(C(=O)N1CC(O)CC1c1cc(F)ccc1F)c1ccccc1F. The van der Waals surface area contributed by atoms with Crippen molar-refractivity contribution in [1.82, 2.24) is 4.90 Å². The van der Waals surface area contributed by atoms with Gasteiger partial charge in [-0.25, -0.2) is 13.2 Å². The Morgan fingerprint density at radius 1 is 1.16 bits per heavy atom. The Morgan fingerprint density at radius 2 is 1.88 bits per heavy atom. The first-order valence-corrected chi connectivity index (χ1v) is 8.06. The number of amides is 1. The summed E-state index contributed by atoms with van der Waals surface area (Å²) in [5.74, 6) is -3.00. The number of carbonyl (C=O) groups is 1. The van der Waals surface area contributed by atoms with Crippen LogP contribution in [-0.4, -0.2) is 28.6 Å². The molecule has 0 radical (unpaired) electrons. The molecule has 0 aromatic heterocycles. The molecule has 3 nitrogen and oxygen atoms in total. The van der Waals surface area contributed by atoms with Gasteiger partial charge >= 0.3 is 0 Å². The van der Waals surface area contributed by atoms with Crippen LogP contribution in [0, 0.1) is 17.5 Å². The number of β-amino-alcohol motifs (C(OH)–C–C–N with tert-alkyl or cyclic N) is 1. The first-order valence-electron chi connectivity index (χ1n) is 8.06. The third-order valence-corrected chi connectivity index (χ3v) is 4.62. The number of likely N-dealkylation sites (tertiary alicyclic amines) is 1. The van der Waals surface area contributed by atoms with E-state index >= 15 is 0 Å². The Labute approximate surface area is 143 Å². The predicted molar refractivity (Wildman–Crippen MR) is 86.3 cm³/mol. The van der Waals surface area contributed by atoms with Crippen molar-refractivity contribution in [1.29, 1.82) is 0 Å². The third kappa shape index (κ3) is 3.39. The molecule has 6 heteroatoms. The van der Waals surface area contributed by atoms with Crippen LogP contribution in [0.1, 0.15) is 36.4 Å². The Bertz CT molecular complexity index is 796. The van der Waals surface area contributed by atoms with Crippen molar-refractivity contribution >= 4 is 5.91 Å². The Morgan fingerprint density at radius 3 is 2.60 bits per heavy atom. The van der Waals surface area contributed by atoms with Gasteiger partial charge in [-0.3, -0.25) is 4.79 Å². The van der Waals surface area contributed by atoms with Gasteiger partial charge in [-0.2, -0.15) is 0 Å². The fourth-order valence-electron chi connectivity index (χ4n) is 3.33. The number of halogens is 3. The lowest BCUT2D eigenvalue weighted by Crippen LogP contribution is -2.35. The molecule has 132 valence electrons. The Hall–Kier alpha value is -2.34. The zero-order valence-electron chi connectivity index (χ0n) is 13.6. The van der Waals surface area contributed by atoms with Crippen molar-refractivity contribution in [3.8, 4) is 0 Å². The summed E-state index contributed by atoms with van der Waals surface area (Å²) >= 11 is 0. The smallest absolute Gasteiger partial charge is 0.230 e. The van der Waals surface area contributed by atoms with Crippen molar-refractivity contribution in [3.05, 3.63) is 71.0 Å². The van der Waals surface area contributed by atoms with E-state index in [9.17, 15) is 23.1 Å². The molecule has 2 aromatic rings. The monoisotopic (exact) mass is 349 g/mol. The van der Waals surface area contributed by atoms with Gasteiger partial charge in [0.05, 0.1) is 18.1 Å². The fourth-order valence-corrected chi connectivity index (χ4v) is 3.33. The van der Waals surface area contributed by atoms with Gasteiger partial charge in [0.1, 0.15) is 17.5 Å². The maximum atomic E-state index is 14.1. The molecule has 1 aliphatic heterocycles. The summed E-state index contributed by atoms with van der Waals surface area (Å²) in [5.41, 5.74) is 0.248. The van der Waals surface area contributed by atoms with E-state index in [0.29, 0.717) is 0 Å². The van der Waals surface area contributed by atoms with Crippen LogP contribution in [0.2, 0.25) is 0 Å². The van der Waals surface area contributed by atoms with E-state index in [4.69, 9.17) is 0 Å². The molecule has 0 spiro atoms. The summed E-state index contributed by atoms with van der Waals surface area (Å²) in [4.78, 5) is 14.2. The topological polar surface area (TPSA) is 40.5 Å². The molecule has 25 heavy (non-hydrogen) atoms. The molecule has 2 aromatic carbocycles. The zero-order chi connectivity index (χ0) is 18.1. The largest absolute Gasteiger partial charge is 0.391 e. The highest BCUT2D eigenvalue weighted by atomic mass is 19.1. The van der Waals surface area contributed by atoms with Gasteiger partial charge in [-0.05, 0) is 43.2 Å². The molecule has 1 amide bonds. The number of rotatable bonds is 3. The average Bonchev–Trinajstić information content (AvgIpc) is 2.97. The normalized spacial score (nSPS) is 21.4. The molecule has 0 saturated carbocycles. The van der Waals surface area contributed by atoms with E-state index in [2.05, 4.69) is 0 Å². The van der Waals surface area contributed by atoms with Gasteiger partial charge in [-0.1, -0.05) is 18.2 Å². The summed E-state index contributed by atoms with van der Waals surface area (Å²) in [7, 11) is 0. The highest BCUT2D eigenvalue weighted by molar-refractivity contribution is 5.84. The molecular formula is C19H18F3NO2. The van der Waals surface area contributed by atoms with Crippen LogP contribution in [0.5, 0.6) is 0 Å². The lowest BCUT2D eigenvalue weighted by molar-refractivity contribution is -0.133. The number of nitrogens with zero attached hydrogens (tertiary/aromatic N) is 1. The predicted octanol–water partition coefficient (Wildman–Crippen LogP) is 3.54. The second-order valence-corrected chi connectivity index (χ2v) is 6.30. The van der Waals surface area contributed by atoms with E-state index in [1.165, 1.54) is 23.1 Å². The number of hydrogen-bond donors (Lipinski definition) is 1. The molecule has 1 N–H and O–H groups in total. The summed E-state index contributed by atoms with van der Waals surface area (Å²) in [5, 5.41) is 9.96. The minimum atomic E-state index is -0.843. The zero-order valence-corrected chi connectivity index (χ0v) is 13.6. The molecule has 1 fully saturated rings. The average molecular weight is 349 g/mol. The molecule has 3 atom stereocenters. The van der Waals surface area contributed by atoms with Crippen LogP contribution in [-0.2, 0) is 4.79 Å². The molecule has 1 saturated heterocycles. The number of benzene rings is 2. The van der Waals surface area contributed by atoms with Crippen LogP contribution < -0.4 is 0 Å². The lowest BCUT2D eigenvalue weighted by atomic mass is 9.97. The Kier molecular flexibility index (Phi) is 4.81. The van der Waals surface area contributed by atoms with Crippen molar-refractivity contribution < 1.29 is 23.1 Å². The second-order valence-electron chi connectivity index (χ2n) is 6.30. The minimum absolute atomic E-state index is 0.00174. The van der Waals surface area contributed by atoms with E-state index in [0.717, 1.165) is 18.2 Å². The van der Waals surface area contributed by atoms with Crippen molar-refractivity contribution in [2.75, 3.05) is 6.54 Å². The van der Waals surface area contributed by atoms with Gasteiger partial charge in [0.15, 0.2) is 0 Å².